The van der Waals surface area contributed by atoms with Crippen LogP contribution in [0.3, 0.4) is 0 Å². The van der Waals surface area contributed by atoms with E-state index >= 15 is 0 Å². The zero-order valence-electron chi connectivity index (χ0n) is 10.3. The number of fused-ring (bicyclic) bond motifs is 1. The maximum atomic E-state index is 12.6. The van der Waals surface area contributed by atoms with Crippen LogP contribution < -0.4 is 10.2 Å². The van der Waals surface area contributed by atoms with Crippen molar-refractivity contribution in [3.63, 3.8) is 0 Å². The quantitative estimate of drug-likeness (QED) is 0.828. The third kappa shape index (κ3) is 1.54. The van der Waals surface area contributed by atoms with Crippen LogP contribution >= 0.6 is 11.3 Å². The van der Waals surface area contributed by atoms with Crippen LogP contribution in [0.25, 0.3) is 0 Å². The molecule has 2 unspecified atom stereocenters. The first-order chi connectivity index (χ1) is 8.12. The molecule has 1 amide bonds. The van der Waals surface area contributed by atoms with Crippen molar-refractivity contribution in [1.29, 1.82) is 0 Å². The zero-order chi connectivity index (χ0) is 12.0. The van der Waals surface area contributed by atoms with E-state index in [9.17, 15) is 4.79 Å². The van der Waals surface area contributed by atoms with E-state index in [0.717, 1.165) is 24.5 Å². The van der Waals surface area contributed by atoms with Crippen molar-refractivity contribution in [3.05, 3.63) is 17.5 Å². The molecule has 0 aliphatic carbocycles. The van der Waals surface area contributed by atoms with Crippen molar-refractivity contribution in [1.82, 2.24) is 5.32 Å². The fraction of sp³-hybridized carbons (Fsp3) is 0.615. The van der Waals surface area contributed by atoms with Crippen LogP contribution in [-0.2, 0) is 4.79 Å². The van der Waals surface area contributed by atoms with E-state index in [1.165, 1.54) is 0 Å². The molecule has 92 valence electrons. The molecule has 3 rings (SSSR count). The molecule has 2 aliphatic rings. The van der Waals surface area contributed by atoms with Gasteiger partial charge in [-0.25, -0.2) is 0 Å². The van der Waals surface area contributed by atoms with Crippen LogP contribution in [0.4, 0.5) is 5.00 Å². The monoisotopic (exact) mass is 250 g/mol. The first kappa shape index (κ1) is 11.2. The van der Waals surface area contributed by atoms with E-state index < -0.39 is 0 Å². The van der Waals surface area contributed by atoms with Gasteiger partial charge in [-0.15, -0.1) is 11.3 Å². The highest BCUT2D eigenvalue weighted by Crippen LogP contribution is 2.46. The third-order valence-corrected chi connectivity index (χ3v) is 5.09. The van der Waals surface area contributed by atoms with Gasteiger partial charge in [0.15, 0.2) is 0 Å². The van der Waals surface area contributed by atoms with Crippen molar-refractivity contribution >= 4 is 22.2 Å². The van der Waals surface area contributed by atoms with E-state index in [2.05, 4.69) is 25.2 Å². The molecule has 17 heavy (non-hydrogen) atoms. The smallest absolute Gasteiger partial charge is 0.233 e. The molecule has 0 saturated carbocycles. The van der Waals surface area contributed by atoms with E-state index in [-0.39, 0.29) is 5.41 Å². The molecular formula is C13H18N2OS. The number of nitrogens with zero attached hydrogens (tertiary/aromatic N) is 1. The van der Waals surface area contributed by atoms with Gasteiger partial charge < -0.3 is 5.32 Å². The summed E-state index contributed by atoms with van der Waals surface area (Å²) in [5.41, 5.74) is -0.212. The number of thiophene rings is 1. The summed E-state index contributed by atoms with van der Waals surface area (Å²) in [5, 5.41) is 6.55. The maximum Gasteiger partial charge on any atom is 0.233 e. The number of anilines is 1. The molecule has 1 aromatic heterocycles. The molecule has 2 saturated heterocycles. The lowest BCUT2D eigenvalue weighted by molar-refractivity contribution is -0.125. The van der Waals surface area contributed by atoms with Crippen molar-refractivity contribution in [3.8, 4) is 0 Å². The number of amides is 1. The van der Waals surface area contributed by atoms with Crippen LogP contribution in [-0.4, -0.2) is 25.0 Å². The molecule has 3 heterocycles. The third-order valence-electron chi connectivity index (χ3n) is 4.22. The second kappa shape index (κ2) is 3.82. The minimum atomic E-state index is -0.212. The lowest BCUT2D eigenvalue weighted by atomic mass is 9.75. The first-order valence-corrected chi connectivity index (χ1v) is 7.08. The highest BCUT2D eigenvalue weighted by molar-refractivity contribution is 7.14. The van der Waals surface area contributed by atoms with E-state index in [1.54, 1.807) is 11.3 Å². The number of carbonyl (C=O) groups excluding carboxylic acids is 1. The number of hydrogen-bond donors (Lipinski definition) is 1. The summed E-state index contributed by atoms with van der Waals surface area (Å²) in [7, 11) is 0. The SMILES string of the molecule is CC1(C)C(=O)N(c2cccs2)C2CNCCC21. The zero-order valence-corrected chi connectivity index (χ0v) is 11.1. The summed E-state index contributed by atoms with van der Waals surface area (Å²) in [6, 6.07) is 4.41. The number of hydrogen-bond acceptors (Lipinski definition) is 3. The minimum absolute atomic E-state index is 0.212. The standard InChI is InChI=1S/C13H18N2OS/c1-13(2)9-5-6-14-8-10(9)15(12(13)16)11-4-3-7-17-11/h3-4,7,9-10,14H,5-6,8H2,1-2H3. The van der Waals surface area contributed by atoms with Gasteiger partial charge in [-0.3, -0.25) is 9.69 Å². The van der Waals surface area contributed by atoms with Crippen molar-refractivity contribution in [2.45, 2.75) is 26.3 Å². The first-order valence-electron chi connectivity index (χ1n) is 6.20. The Balaban J connectivity index is 2.01. The maximum absolute atomic E-state index is 12.6. The predicted molar refractivity (Wildman–Crippen MR) is 70.4 cm³/mol. The molecule has 1 aromatic rings. The van der Waals surface area contributed by atoms with Gasteiger partial charge in [-0.2, -0.15) is 0 Å². The molecule has 0 radical (unpaired) electrons. The van der Waals surface area contributed by atoms with E-state index in [4.69, 9.17) is 0 Å². The Bertz CT molecular complexity index is 427. The molecule has 2 aliphatic heterocycles. The summed E-state index contributed by atoms with van der Waals surface area (Å²) in [4.78, 5) is 14.6. The minimum Gasteiger partial charge on any atom is -0.315 e. The van der Waals surface area contributed by atoms with Crippen molar-refractivity contribution in [2.24, 2.45) is 11.3 Å². The fourth-order valence-corrected chi connectivity index (χ4v) is 4.03. The van der Waals surface area contributed by atoms with Gasteiger partial charge >= 0.3 is 0 Å². The fourth-order valence-electron chi connectivity index (χ4n) is 3.25. The molecule has 2 atom stereocenters. The second-order valence-corrected chi connectivity index (χ2v) is 6.44. The number of rotatable bonds is 1. The predicted octanol–water partition coefficient (Wildman–Crippen LogP) is 2.10. The van der Waals surface area contributed by atoms with Crippen LogP contribution in [0.1, 0.15) is 20.3 Å². The number of nitrogens with one attached hydrogen (secondary N) is 1. The Hall–Kier alpha value is -0.870. The molecule has 0 spiro atoms. The molecule has 0 bridgehead atoms. The number of carbonyl (C=O) groups is 1. The summed E-state index contributed by atoms with van der Waals surface area (Å²) in [5.74, 6) is 0.775. The topological polar surface area (TPSA) is 32.3 Å². The Kier molecular flexibility index (Phi) is 2.52. The summed E-state index contributed by atoms with van der Waals surface area (Å²) >= 11 is 1.66. The Labute approximate surface area is 106 Å². The van der Waals surface area contributed by atoms with Gasteiger partial charge in [0.05, 0.1) is 11.0 Å². The molecule has 2 fully saturated rings. The van der Waals surface area contributed by atoms with Crippen molar-refractivity contribution < 1.29 is 4.79 Å². The lowest BCUT2D eigenvalue weighted by Gasteiger charge is -2.33. The second-order valence-electron chi connectivity index (χ2n) is 5.51. The average molecular weight is 250 g/mol. The average Bonchev–Trinajstić information content (AvgIpc) is 2.88. The van der Waals surface area contributed by atoms with Gasteiger partial charge in [0, 0.05) is 12.0 Å². The van der Waals surface area contributed by atoms with Crippen LogP contribution in [0.5, 0.6) is 0 Å². The highest BCUT2D eigenvalue weighted by Gasteiger charge is 2.54. The Morgan fingerprint density at radius 3 is 3.06 bits per heavy atom. The molecule has 4 heteroatoms. The molecule has 1 N–H and O–H groups in total. The van der Waals surface area contributed by atoms with Crippen LogP contribution in [0, 0.1) is 11.3 Å². The summed E-state index contributed by atoms with van der Waals surface area (Å²) < 4.78 is 0. The van der Waals surface area contributed by atoms with Crippen LogP contribution in [0.15, 0.2) is 17.5 Å². The van der Waals surface area contributed by atoms with Crippen molar-refractivity contribution in [2.75, 3.05) is 18.0 Å². The molecule has 3 nitrogen and oxygen atoms in total. The normalized spacial score (nSPS) is 31.6. The lowest BCUT2D eigenvalue weighted by Crippen LogP contribution is -2.47. The summed E-state index contributed by atoms with van der Waals surface area (Å²) in [6.07, 6.45) is 1.10. The van der Waals surface area contributed by atoms with Gasteiger partial charge in [0.2, 0.25) is 5.91 Å². The summed E-state index contributed by atoms with van der Waals surface area (Å²) in [6.45, 7) is 6.17. The Morgan fingerprint density at radius 2 is 2.35 bits per heavy atom. The Morgan fingerprint density at radius 1 is 1.53 bits per heavy atom. The van der Waals surface area contributed by atoms with E-state index in [1.807, 2.05) is 16.3 Å². The van der Waals surface area contributed by atoms with Crippen LogP contribution in [0.2, 0.25) is 0 Å². The van der Waals surface area contributed by atoms with Gasteiger partial charge in [-0.1, -0.05) is 13.8 Å². The molecular weight excluding hydrogens is 232 g/mol. The number of piperidine rings is 1. The van der Waals surface area contributed by atoms with Gasteiger partial charge in [0.1, 0.15) is 0 Å². The van der Waals surface area contributed by atoms with Gasteiger partial charge in [-0.05, 0) is 36.4 Å². The highest BCUT2D eigenvalue weighted by atomic mass is 32.1. The molecule has 0 aromatic carbocycles. The van der Waals surface area contributed by atoms with E-state index in [0.29, 0.717) is 17.9 Å². The van der Waals surface area contributed by atoms with Gasteiger partial charge in [0.25, 0.3) is 0 Å². The largest absolute Gasteiger partial charge is 0.315 e.